The Kier molecular flexibility index (Phi) is 4.30. The Labute approximate surface area is 130 Å². The first kappa shape index (κ1) is 14.6. The molecular formula is C20H26Si. The standard InChI is InChI=1S/C20H26Si/c1-21(2,18-13-7-4-8-14-18)20-16-10-9-15-19(20)17-11-5-3-6-12-17/h3-8,11-14,19-20H,9-10,15-16H2,1-2H3/t19-,20-/m0/s1. The lowest BCUT2D eigenvalue weighted by atomic mass is 9.83. The van der Waals surface area contributed by atoms with Crippen LogP contribution in [0.4, 0.5) is 0 Å². The van der Waals surface area contributed by atoms with E-state index in [0.29, 0.717) is 0 Å². The fourth-order valence-corrected chi connectivity index (χ4v) is 7.95. The summed E-state index contributed by atoms with van der Waals surface area (Å²) in [5, 5.41) is 1.62. The summed E-state index contributed by atoms with van der Waals surface area (Å²) in [5.74, 6) is 0.766. The van der Waals surface area contributed by atoms with Crippen molar-refractivity contribution in [1.29, 1.82) is 0 Å². The third kappa shape index (κ3) is 2.98. The summed E-state index contributed by atoms with van der Waals surface area (Å²) in [6.45, 7) is 5.16. The largest absolute Gasteiger partial charge is 0.0842 e. The topological polar surface area (TPSA) is 0 Å². The Balaban J connectivity index is 1.94. The van der Waals surface area contributed by atoms with Crippen molar-refractivity contribution in [3.05, 3.63) is 66.2 Å². The van der Waals surface area contributed by atoms with E-state index in [9.17, 15) is 0 Å². The zero-order chi connectivity index (χ0) is 14.7. The van der Waals surface area contributed by atoms with Gasteiger partial charge in [-0.15, -0.1) is 0 Å². The van der Waals surface area contributed by atoms with Gasteiger partial charge < -0.3 is 0 Å². The lowest BCUT2D eigenvalue weighted by molar-refractivity contribution is 0.434. The van der Waals surface area contributed by atoms with Crippen LogP contribution in [-0.2, 0) is 0 Å². The maximum Gasteiger partial charge on any atom is 0.0842 e. The molecule has 0 amide bonds. The molecule has 1 aliphatic rings. The van der Waals surface area contributed by atoms with E-state index < -0.39 is 8.07 Å². The SMILES string of the molecule is C[Si](C)(c1ccccc1)[C@H]1CCCC[C@H]1c1ccccc1. The Morgan fingerprint density at radius 3 is 2.00 bits per heavy atom. The van der Waals surface area contributed by atoms with E-state index in [2.05, 4.69) is 73.8 Å². The smallest absolute Gasteiger partial charge is 0.0652 e. The van der Waals surface area contributed by atoms with Crippen molar-refractivity contribution in [2.24, 2.45) is 0 Å². The molecule has 2 aromatic carbocycles. The second kappa shape index (κ2) is 6.19. The average Bonchev–Trinajstić information content (AvgIpc) is 2.56. The summed E-state index contributed by atoms with van der Waals surface area (Å²) in [4.78, 5) is 0. The van der Waals surface area contributed by atoms with Gasteiger partial charge in [-0.05, 0) is 23.4 Å². The number of rotatable bonds is 3. The van der Waals surface area contributed by atoms with Crippen LogP contribution in [0.15, 0.2) is 60.7 Å². The van der Waals surface area contributed by atoms with Crippen molar-refractivity contribution in [2.45, 2.75) is 50.2 Å². The predicted molar refractivity (Wildman–Crippen MR) is 95.0 cm³/mol. The summed E-state index contributed by atoms with van der Waals surface area (Å²) in [6.07, 6.45) is 5.60. The van der Waals surface area contributed by atoms with Crippen molar-refractivity contribution in [3.63, 3.8) is 0 Å². The second-order valence-corrected chi connectivity index (χ2v) is 11.8. The van der Waals surface area contributed by atoms with Crippen LogP contribution < -0.4 is 5.19 Å². The number of hydrogen-bond donors (Lipinski definition) is 0. The minimum atomic E-state index is -1.42. The summed E-state index contributed by atoms with van der Waals surface area (Å²) >= 11 is 0. The Morgan fingerprint density at radius 1 is 0.762 bits per heavy atom. The summed E-state index contributed by atoms with van der Waals surface area (Å²) in [7, 11) is -1.42. The molecule has 0 bridgehead atoms. The monoisotopic (exact) mass is 294 g/mol. The molecule has 0 aliphatic heterocycles. The molecule has 2 atom stereocenters. The van der Waals surface area contributed by atoms with Gasteiger partial charge in [0.15, 0.2) is 0 Å². The quantitative estimate of drug-likeness (QED) is 0.671. The van der Waals surface area contributed by atoms with E-state index in [4.69, 9.17) is 0 Å². The molecule has 0 saturated heterocycles. The minimum Gasteiger partial charge on any atom is -0.0652 e. The molecule has 0 aromatic heterocycles. The molecule has 0 spiro atoms. The van der Waals surface area contributed by atoms with Crippen LogP contribution in [0, 0.1) is 0 Å². The van der Waals surface area contributed by atoms with E-state index >= 15 is 0 Å². The van der Waals surface area contributed by atoms with E-state index in [0.717, 1.165) is 11.5 Å². The van der Waals surface area contributed by atoms with E-state index in [1.54, 1.807) is 10.8 Å². The maximum atomic E-state index is 2.58. The van der Waals surface area contributed by atoms with E-state index in [1.807, 2.05) is 0 Å². The molecule has 1 saturated carbocycles. The first-order valence-electron chi connectivity index (χ1n) is 8.30. The fraction of sp³-hybridized carbons (Fsp3) is 0.400. The molecule has 1 aliphatic carbocycles. The molecule has 0 heterocycles. The highest BCUT2D eigenvalue weighted by Gasteiger charge is 2.40. The summed E-state index contributed by atoms with van der Waals surface area (Å²) < 4.78 is 0. The summed E-state index contributed by atoms with van der Waals surface area (Å²) in [5.41, 5.74) is 2.44. The third-order valence-corrected chi connectivity index (χ3v) is 9.80. The van der Waals surface area contributed by atoms with Gasteiger partial charge in [-0.3, -0.25) is 0 Å². The lowest BCUT2D eigenvalue weighted by Crippen LogP contribution is -2.48. The van der Waals surface area contributed by atoms with Crippen LogP contribution in [0.1, 0.15) is 37.2 Å². The van der Waals surface area contributed by atoms with Crippen molar-refractivity contribution in [2.75, 3.05) is 0 Å². The van der Waals surface area contributed by atoms with E-state index in [1.165, 1.54) is 25.7 Å². The first-order chi connectivity index (χ1) is 10.2. The first-order valence-corrected chi connectivity index (χ1v) is 11.4. The van der Waals surface area contributed by atoms with Gasteiger partial charge in [-0.25, -0.2) is 0 Å². The minimum absolute atomic E-state index is 0.766. The van der Waals surface area contributed by atoms with Crippen molar-refractivity contribution in [3.8, 4) is 0 Å². The van der Waals surface area contributed by atoms with Gasteiger partial charge in [0, 0.05) is 0 Å². The molecule has 1 heteroatoms. The Bertz CT molecular complexity index is 559. The van der Waals surface area contributed by atoms with Crippen LogP contribution >= 0.6 is 0 Å². The molecule has 0 nitrogen and oxygen atoms in total. The number of hydrogen-bond acceptors (Lipinski definition) is 0. The zero-order valence-corrected chi connectivity index (χ0v) is 14.3. The third-order valence-electron chi connectivity index (χ3n) is 5.44. The highest BCUT2D eigenvalue weighted by molar-refractivity contribution is 6.91. The lowest BCUT2D eigenvalue weighted by Gasteiger charge is -2.42. The normalized spacial score (nSPS) is 23.0. The van der Waals surface area contributed by atoms with Crippen LogP contribution in [0.3, 0.4) is 0 Å². The predicted octanol–water partition coefficient (Wildman–Crippen LogP) is 5.33. The molecule has 1 fully saturated rings. The molecule has 110 valence electrons. The van der Waals surface area contributed by atoms with Gasteiger partial charge >= 0.3 is 0 Å². The van der Waals surface area contributed by atoms with Gasteiger partial charge in [-0.2, -0.15) is 0 Å². The summed E-state index contributed by atoms with van der Waals surface area (Å²) in [6, 6.07) is 22.5. The average molecular weight is 295 g/mol. The van der Waals surface area contributed by atoms with Crippen LogP contribution in [0.5, 0.6) is 0 Å². The van der Waals surface area contributed by atoms with Crippen LogP contribution in [0.2, 0.25) is 18.6 Å². The maximum absolute atomic E-state index is 2.58. The van der Waals surface area contributed by atoms with Gasteiger partial charge in [0.25, 0.3) is 0 Å². The zero-order valence-electron chi connectivity index (χ0n) is 13.3. The molecule has 0 N–H and O–H groups in total. The Morgan fingerprint density at radius 2 is 1.33 bits per heavy atom. The van der Waals surface area contributed by atoms with Gasteiger partial charge in [0.05, 0.1) is 8.07 Å². The highest BCUT2D eigenvalue weighted by Crippen LogP contribution is 2.46. The number of benzene rings is 2. The second-order valence-electron chi connectivity index (χ2n) is 7.00. The Hall–Kier alpha value is -1.34. The van der Waals surface area contributed by atoms with Crippen molar-refractivity contribution >= 4 is 13.3 Å². The van der Waals surface area contributed by atoms with Crippen LogP contribution in [-0.4, -0.2) is 8.07 Å². The molecule has 0 radical (unpaired) electrons. The molecule has 0 unspecified atom stereocenters. The van der Waals surface area contributed by atoms with E-state index in [-0.39, 0.29) is 0 Å². The van der Waals surface area contributed by atoms with Gasteiger partial charge in [0.2, 0.25) is 0 Å². The fourth-order valence-electron chi connectivity index (χ4n) is 4.18. The van der Waals surface area contributed by atoms with Crippen molar-refractivity contribution in [1.82, 2.24) is 0 Å². The molecule has 3 rings (SSSR count). The molecule has 21 heavy (non-hydrogen) atoms. The highest BCUT2D eigenvalue weighted by atomic mass is 28.3. The van der Waals surface area contributed by atoms with Crippen molar-refractivity contribution < 1.29 is 0 Å². The molecule has 2 aromatic rings. The van der Waals surface area contributed by atoms with Gasteiger partial charge in [-0.1, -0.05) is 98.2 Å². The van der Waals surface area contributed by atoms with Crippen LogP contribution in [0.25, 0.3) is 0 Å². The molecular weight excluding hydrogens is 268 g/mol. The van der Waals surface area contributed by atoms with Gasteiger partial charge in [0.1, 0.15) is 0 Å².